The fraction of sp³-hybridized carbons (Fsp3) is 0.909. The highest BCUT2D eigenvalue weighted by atomic mass is 16.5. The standard InChI is InChI=1S/C22H44O/c1-3-5-7-8-9-10-11-12-13-14-15-16-17-18-19-20-22-23-21-6-4-2/h4H,2-3,5-22H2,1H3. The van der Waals surface area contributed by atoms with Gasteiger partial charge in [-0.1, -0.05) is 109 Å². The molecule has 0 aliphatic heterocycles. The zero-order valence-electron chi connectivity index (χ0n) is 16.1. The fourth-order valence-electron chi connectivity index (χ4n) is 3.02. The number of ether oxygens (including phenoxy) is 1. The lowest BCUT2D eigenvalue weighted by atomic mass is 10.0. The first-order chi connectivity index (χ1) is 11.4. The molecule has 0 spiro atoms. The lowest BCUT2D eigenvalue weighted by Crippen LogP contribution is -1.95. The minimum atomic E-state index is 0.849. The van der Waals surface area contributed by atoms with E-state index in [2.05, 4.69) is 13.5 Å². The summed E-state index contributed by atoms with van der Waals surface area (Å²) in [7, 11) is 0. The van der Waals surface area contributed by atoms with Crippen LogP contribution in [0.4, 0.5) is 0 Å². The monoisotopic (exact) mass is 324 g/mol. The lowest BCUT2D eigenvalue weighted by molar-refractivity contribution is 0.134. The second kappa shape index (κ2) is 21.7. The molecule has 0 rings (SSSR count). The molecule has 0 aliphatic rings. The molecule has 0 aromatic heterocycles. The molecule has 0 saturated carbocycles. The molecule has 23 heavy (non-hydrogen) atoms. The molecular formula is C22H44O. The molecule has 1 heteroatoms. The van der Waals surface area contributed by atoms with Crippen LogP contribution in [-0.2, 0) is 4.74 Å². The SMILES string of the molecule is C=CCCOCCCCCCCCCCCCCCCCCC. The van der Waals surface area contributed by atoms with E-state index in [9.17, 15) is 0 Å². The van der Waals surface area contributed by atoms with E-state index in [1.807, 2.05) is 6.08 Å². The van der Waals surface area contributed by atoms with Crippen LogP contribution in [0.1, 0.15) is 116 Å². The fourth-order valence-corrected chi connectivity index (χ4v) is 3.02. The third-order valence-corrected chi connectivity index (χ3v) is 4.61. The van der Waals surface area contributed by atoms with Crippen LogP contribution in [0, 0.1) is 0 Å². The average Bonchev–Trinajstić information content (AvgIpc) is 2.57. The van der Waals surface area contributed by atoms with Crippen LogP contribution in [0.2, 0.25) is 0 Å². The van der Waals surface area contributed by atoms with Crippen LogP contribution >= 0.6 is 0 Å². The molecule has 0 heterocycles. The highest BCUT2D eigenvalue weighted by Crippen LogP contribution is 2.13. The van der Waals surface area contributed by atoms with Crippen molar-refractivity contribution in [3.05, 3.63) is 12.7 Å². The molecule has 0 unspecified atom stereocenters. The highest BCUT2D eigenvalue weighted by Gasteiger charge is 1.94. The van der Waals surface area contributed by atoms with E-state index in [0.29, 0.717) is 0 Å². The molecule has 1 nitrogen and oxygen atoms in total. The first kappa shape index (κ1) is 22.7. The molecule has 0 bridgehead atoms. The van der Waals surface area contributed by atoms with Crippen molar-refractivity contribution in [3.8, 4) is 0 Å². The first-order valence-corrected chi connectivity index (χ1v) is 10.6. The van der Waals surface area contributed by atoms with E-state index in [0.717, 1.165) is 19.6 Å². The third kappa shape index (κ3) is 21.7. The molecule has 0 radical (unpaired) electrons. The summed E-state index contributed by atoms with van der Waals surface area (Å²) in [6.45, 7) is 7.78. The van der Waals surface area contributed by atoms with Crippen LogP contribution in [0.25, 0.3) is 0 Å². The Morgan fingerprint density at radius 3 is 1.35 bits per heavy atom. The van der Waals surface area contributed by atoms with E-state index >= 15 is 0 Å². The number of unbranched alkanes of at least 4 members (excludes halogenated alkanes) is 15. The Bertz CT molecular complexity index is 212. The van der Waals surface area contributed by atoms with Gasteiger partial charge in [0.25, 0.3) is 0 Å². The molecule has 0 amide bonds. The van der Waals surface area contributed by atoms with E-state index < -0.39 is 0 Å². The minimum Gasteiger partial charge on any atom is -0.381 e. The van der Waals surface area contributed by atoms with Crippen LogP contribution in [0.15, 0.2) is 12.7 Å². The van der Waals surface area contributed by atoms with Crippen molar-refractivity contribution >= 4 is 0 Å². The summed E-state index contributed by atoms with van der Waals surface area (Å²) in [5.74, 6) is 0. The summed E-state index contributed by atoms with van der Waals surface area (Å²) in [6, 6.07) is 0. The summed E-state index contributed by atoms with van der Waals surface area (Å²) in [4.78, 5) is 0. The van der Waals surface area contributed by atoms with Gasteiger partial charge in [0, 0.05) is 13.2 Å². The van der Waals surface area contributed by atoms with Gasteiger partial charge in [-0.25, -0.2) is 0 Å². The molecule has 0 fully saturated rings. The van der Waals surface area contributed by atoms with Crippen molar-refractivity contribution < 1.29 is 4.74 Å². The Morgan fingerprint density at radius 1 is 0.565 bits per heavy atom. The van der Waals surface area contributed by atoms with Crippen molar-refractivity contribution in [2.24, 2.45) is 0 Å². The second-order valence-electron chi connectivity index (χ2n) is 6.99. The van der Waals surface area contributed by atoms with Gasteiger partial charge in [0.15, 0.2) is 0 Å². The molecule has 0 aromatic rings. The largest absolute Gasteiger partial charge is 0.381 e. The van der Waals surface area contributed by atoms with Crippen LogP contribution < -0.4 is 0 Å². The van der Waals surface area contributed by atoms with Crippen molar-refractivity contribution in [1.29, 1.82) is 0 Å². The number of hydrogen-bond donors (Lipinski definition) is 0. The second-order valence-corrected chi connectivity index (χ2v) is 6.99. The minimum absolute atomic E-state index is 0.849. The maximum Gasteiger partial charge on any atom is 0.0500 e. The zero-order chi connectivity index (χ0) is 16.8. The maximum absolute atomic E-state index is 5.52. The summed E-state index contributed by atoms with van der Waals surface area (Å²) in [5, 5.41) is 0. The Hall–Kier alpha value is -0.300. The van der Waals surface area contributed by atoms with E-state index in [4.69, 9.17) is 4.74 Å². The van der Waals surface area contributed by atoms with Crippen LogP contribution in [0.3, 0.4) is 0 Å². The maximum atomic E-state index is 5.52. The normalized spacial score (nSPS) is 11.0. The molecular weight excluding hydrogens is 280 g/mol. The number of rotatable bonds is 20. The van der Waals surface area contributed by atoms with Gasteiger partial charge in [-0.15, -0.1) is 6.58 Å². The van der Waals surface area contributed by atoms with Gasteiger partial charge in [-0.2, -0.15) is 0 Å². The molecule has 0 N–H and O–H groups in total. The molecule has 0 saturated heterocycles. The van der Waals surface area contributed by atoms with Gasteiger partial charge >= 0.3 is 0 Å². The van der Waals surface area contributed by atoms with Gasteiger partial charge in [0.05, 0.1) is 0 Å². The summed E-state index contributed by atoms with van der Waals surface area (Å²) < 4.78 is 5.52. The van der Waals surface area contributed by atoms with Crippen molar-refractivity contribution in [2.75, 3.05) is 13.2 Å². The van der Waals surface area contributed by atoms with E-state index in [-0.39, 0.29) is 0 Å². The average molecular weight is 325 g/mol. The van der Waals surface area contributed by atoms with Crippen LogP contribution in [-0.4, -0.2) is 13.2 Å². The first-order valence-electron chi connectivity index (χ1n) is 10.6. The molecule has 0 aromatic carbocycles. The predicted molar refractivity (Wildman–Crippen MR) is 105 cm³/mol. The molecule has 0 aliphatic carbocycles. The predicted octanol–water partition coefficient (Wildman–Crippen LogP) is 7.84. The van der Waals surface area contributed by atoms with E-state index in [1.54, 1.807) is 0 Å². The van der Waals surface area contributed by atoms with E-state index in [1.165, 1.54) is 103 Å². The number of hydrogen-bond acceptors (Lipinski definition) is 1. The third-order valence-electron chi connectivity index (χ3n) is 4.61. The summed E-state index contributed by atoms with van der Waals surface area (Å²) in [6.07, 6.45) is 25.7. The van der Waals surface area contributed by atoms with Crippen molar-refractivity contribution in [1.82, 2.24) is 0 Å². The van der Waals surface area contributed by atoms with Crippen LogP contribution in [0.5, 0.6) is 0 Å². The Labute approximate surface area is 147 Å². The van der Waals surface area contributed by atoms with Crippen molar-refractivity contribution in [2.45, 2.75) is 116 Å². The van der Waals surface area contributed by atoms with Crippen molar-refractivity contribution in [3.63, 3.8) is 0 Å². The van der Waals surface area contributed by atoms with Gasteiger partial charge in [-0.3, -0.25) is 0 Å². The zero-order valence-corrected chi connectivity index (χ0v) is 16.1. The highest BCUT2D eigenvalue weighted by molar-refractivity contribution is 4.64. The Balaban J connectivity index is 2.93. The topological polar surface area (TPSA) is 9.23 Å². The smallest absolute Gasteiger partial charge is 0.0500 e. The quantitative estimate of drug-likeness (QED) is 0.164. The van der Waals surface area contributed by atoms with Gasteiger partial charge < -0.3 is 4.74 Å². The van der Waals surface area contributed by atoms with Gasteiger partial charge in [0.2, 0.25) is 0 Å². The molecule has 0 atom stereocenters. The summed E-state index contributed by atoms with van der Waals surface area (Å²) in [5.41, 5.74) is 0. The van der Waals surface area contributed by atoms with Gasteiger partial charge in [-0.05, 0) is 12.8 Å². The van der Waals surface area contributed by atoms with Gasteiger partial charge in [0.1, 0.15) is 0 Å². The Morgan fingerprint density at radius 2 is 0.957 bits per heavy atom. The summed E-state index contributed by atoms with van der Waals surface area (Å²) >= 11 is 0. The Kier molecular flexibility index (Phi) is 21.4. The molecule has 138 valence electrons. The lowest BCUT2D eigenvalue weighted by Gasteiger charge is -2.04.